The minimum absolute atomic E-state index is 0.0248. The number of fused-ring (bicyclic) bond motifs is 3. The normalized spacial score (nSPS) is 30.4. The van der Waals surface area contributed by atoms with Crippen LogP contribution >= 0.6 is 0 Å². The van der Waals surface area contributed by atoms with E-state index >= 15 is 0 Å². The van der Waals surface area contributed by atoms with Gasteiger partial charge in [-0.3, -0.25) is 19.1 Å². The molecule has 1 saturated heterocycles. The SMILES string of the molecule is COc1cccc2c(O[C@@H]3C[C@H]4C(=O)N[C@]5(C(=O)NS(=O)(=O)C6(C)CC6)C[C@H]5/C=C\CC[C@@H](C)C[C@@H](C)[C@H](NC(=O)OC(C)(C)C)C(=O)N4C3)nccc12. The molecule has 0 spiro atoms. The van der Waals surface area contributed by atoms with Gasteiger partial charge in [-0.15, -0.1) is 0 Å². The van der Waals surface area contributed by atoms with E-state index < -0.39 is 73.8 Å². The highest BCUT2D eigenvalue weighted by Crippen LogP contribution is 2.47. The number of carbonyl (C=O) groups excluding carboxylic acids is 4. The van der Waals surface area contributed by atoms with Crippen LogP contribution in [0.1, 0.15) is 86.5 Å². The first kappa shape index (κ1) is 39.3. The fourth-order valence-electron chi connectivity index (χ4n) is 7.61. The van der Waals surface area contributed by atoms with Gasteiger partial charge in [-0.05, 0) is 96.3 Å². The average molecular weight is 768 g/mol. The minimum atomic E-state index is -4.00. The number of pyridine rings is 1. The Kier molecular flexibility index (Phi) is 10.7. The second-order valence-electron chi connectivity index (χ2n) is 16.8. The number of methoxy groups -OCH3 is 1. The Morgan fingerprint density at radius 3 is 2.50 bits per heavy atom. The molecule has 294 valence electrons. The van der Waals surface area contributed by atoms with Crippen molar-refractivity contribution in [2.24, 2.45) is 17.8 Å². The number of hydrogen-bond acceptors (Lipinski definition) is 10. The molecule has 0 unspecified atom stereocenters. The molecule has 1 aromatic heterocycles. The molecule has 15 heteroatoms. The van der Waals surface area contributed by atoms with Crippen molar-refractivity contribution in [3.8, 4) is 11.6 Å². The van der Waals surface area contributed by atoms with Crippen LogP contribution in [0.4, 0.5) is 4.79 Å². The third-order valence-electron chi connectivity index (χ3n) is 11.1. The monoisotopic (exact) mass is 767 g/mol. The van der Waals surface area contributed by atoms with E-state index in [9.17, 15) is 27.6 Å². The molecular weight excluding hydrogens is 715 g/mol. The summed E-state index contributed by atoms with van der Waals surface area (Å²) >= 11 is 0. The van der Waals surface area contributed by atoms with E-state index in [1.54, 1.807) is 47.1 Å². The second kappa shape index (κ2) is 14.7. The van der Waals surface area contributed by atoms with Crippen LogP contribution in [0.5, 0.6) is 11.6 Å². The molecular formula is C39H53N5O9S. The number of aromatic nitrogens is 1. The topological polar surface area (TPSA) is 182 Å². The Bertz CT molecular complexity index is 1940. The molecule has 3 N–H and O–H groups in total. The molecule has 7 atom stereocenters. The molecule has 3 fully saturated rings. The molecule has 54 heavy (non-hydrogen) atoms. The zero-order chi connectivity index (χ0) is 39.2. The molecule has 2 aliphatic heterocycles. The van der Waals surface area contributed by atoms with E-state index in [4.69, 9.17) is 14.2 Å². The molecule has 3 heterocycles. The quantitative estimate of drug-likeness (QED) is 0.342. The number of amides is 4. The molecule has 6 rings (SSSR count). The first-order chi connectivity index (χ1) is 25.4. The molecule has 14 nitrogen and oxygen atoms in total. The van der Waals surface area contributed by atoms with Gasteiger partial charge in [0.25, 0.3) is 5.91 Å². The number of allylic oxidation sites excluding steroid dienone is 1. The minimum Gasteiger partial charge on any atom is -0.496 e. The van der Waals surface area contributed by atoms with Crippen molar-refractivity contribution in [3.05, 3.63) is 42.6 Å². The van der Waals surface area contributed by atoms with Gasteiger partial charge in [-0.2, -0.15) is 0 Å². The molecule has 2 aliphatic carbocycles. The van der Waals surface area contributed by atoms with Gasteiger partial charge >= 0.3 is 6.09 Å². The summed E-state index contributed by atoms with van der Waals surface area (Å²) in [4.78, 5) is 62.2. The third-order valence-corrected chi connectivity index (χ3v) is 13.3. The van der Waals surface area contributed by atoms with Gasteiger partial charge in [0, 0.05) is 29.3 Å². The average Bonchev–Trinajstić information content (AvgIpc) is 3.97. The number of nitrogens with zero attached hydrogens (tertiary/aromatic N) is 2. The van der Waals surface area contributed by atoms with Gasteiger partial charge in [0.15, 0.2) is 0 Å². The van der Waals surface area contributed by atoms with Crippen molar-refractivity contribution in [3.63, 3.8) is 0 Å². The first-order valence-corrected chi connectivity index (χ1v) is 20.3. The summed E-state index contributed by atoms with van der Waals surface area (Å²) in [6.07, 6.45) is 7.11. The number of ether oxygens (including phenoxy) is 3. The maximum atomic E-state index is 14.7. The number of benzene rings is 1. The zero-order valence-corrected chi connectivity index (χ0v) is 33.0. The number of nitrogens with one attached hydrogen (secondary N) is 3. The smallest absolute Gasteiger partial charge is 0.408 e. The summed E-state index contributed by atoms with van der Waals surface area (Å²) < 4.78 is 45.1. The predicted octanol–water partition coefficient (Wildman–Crippen LogP) is 4.37. The number of sulfonamides is 1. The van der Waals surface area contributed by atoms with E-state index in [-0.39, 0.29) is 31.2 Å². The highest BCUT2D eigenvalue weighted by atomic mass is 32.2. The van der Waals surface area contributed by atoms with Crippen LogP contribution in [0, 0.1) is 17.8 Å². The number of hydrogen-bond donors (Lipinski definition) is 3. The number of rotatable bonds is 7. The molecule has 0 bridgehead atoms. The van der Waals surface area contributed by atoms with Gasteiger partial charge in [0.05, 0.1) is 18.4 Å². The van der Waals surface area contributed by atoms with E-state index in [1.165, 1.54) is 4.90 Å². The Balaban J connectivity index is 1.35. The fraction of sp³-hybridized carbons (Fsp3) is 0.615. The van der Waals surface area contributed by atoms with Crippen LogP contribution in [-0.2, 0) is 29.1 Å². The molecule has 1 aromatic carbocycles. The van der Waals surface area contributed by atoms with Crippen LogP contribution < -0.4 is 24.8 Å². The summed E-state index contributed by atoms with van der Waals surface area (Å²) in [5.74, 6) is -1.64. The summed E-state index contributed by atoms with van der Waals surface area (Å²) in [7, 11) is -2.43. The summed E-state index contributed by atoms with van der Waals surface area (Å²) in [5, 5.41) is 7.16. The maximum absolute atomic E-state index is 14.7. The lowest BCUT2D eigenvalue weighted by molar-refractivity contribution is -0.142. The Hall–Kier alpha value is -4.40. The van der Waals surface area contributed by atoms with Crippen LogP contribution in [-0.4, -0.2) is 89.8 Å². The summed E-state index contributed by atoms with van der Waals surface area (Å²) in [6.45, 7) is 10.7. The lowest BCUT2D eigenvalue weighted by Crippen LogP contribution is -2.59. The van der Waals surface area contributed by atoms with E-state index in [0.717, 1.165) is 11.8 Å². The highest BCUT2D eigenvalue weighted by molar-refractivity contribution is 7.91. The van der Waals surface area contributed by atoms with Gasteiger partial charge in [-0.25, -0.2) is 18.2 Å². The van der Waals surface area contributed by atoms with E-state index in [0.29, 0.717) is 42.7 Å². The van der Waals surface area contributed by atoms with Crippen molar-refractivity contribution in [1.29, 1.82) is 0 Å². The number of alkyl carbamates (subject to hydrolysis) is 1. The molecule has 0 radical (unpaired) electrons. The lowest BCUT2D eigenvalue weighted by atomic mass is 9.88. The van der Waals surface area contributed by atoms with Crippen LogP contribution in [0.15, 0.2) is 42.6 Å². The fourth-order valence-corrected chi connectivity index (χ4v) is 8.92. The largest absolute Gasteiger partial charge is 0.496 e. The van der Waals surface area contributed by atoms with Crippen LogP contribution in [0.3, 0.4) is 0 Å². The highest BCUT2D eigenvalue weighted by Gasteiger charge is 2.63. The zero-order valence-electron chi connectivity index (χ0n) is 32.1. The predicted molar refractivity (Wildman–Crippen MR) is 201 cm³/mol. The van der Waals surface area contributed by atoms with Crippen molar-refractivity contribution in [2.75, 3.05) is 13.7 Å². The maximum Gasteiger partial charge on any atom is 0.408 e. The van der Waals surface area contributed by atoms with Crippen molar-refractivity contribution in [1.82, 2.24) is 25.2 Å². The number of carbonyl (C=O) groups is 4. The molecule has 4 amide bonds. The van der Waals surface area contributed by atoms with Gasteiger partial charge in [0.2, 0.25) is 27.7 Å². The molecule has 4 aliphatic rings. The van der Waals surface area contributed by atoms with E-state index in [2.05, 4.69) is 27.3 Å². The second-order valence-corrected chi connectivity index (χ2v) is 19.0. The van der Waals surface area contributed by atoms with Gasteiger partial charge < -0.3 is 29.7 Å². The van der Waals surface area contributed by atoms with Crippen LogP contribution in [0.25, 0.3) is 10.8 Å². The Morgan fingerprint density at radius 2 is 1.81 bits per heavy atom. The molecule has 2 saturated carbocycles. The lowest BCUT2D eigenvalue weighted by Gasteiger charge is -2.33. The van der Waals surface area contributed by atoms with E-state index in [1.807, 2.05) is 37.3 Å². The van der Waals surface area contributed by atoms with Gasteiger partial charge in [-0.1, -0.05) is 32.1 Å². The van der Waals surface area contributed by atoms with Gasteiger partial charge in [0.1, 0.15) is 35.1 Å². The van der Waals surface area contributed by atoms with Crippen molar-refractivity contribution < 1.29 is 41.8 Å². The van der Waals surface area contributed by atoms with Crippen molar-refractivity contribution >= 4 is 44.6 Å². The molecule has 2 aromatic rings. The standard InChI is InChI=1S/C39H53N5O9S/c1-23-11-8-9-12-25-21-39(25,35(47)43-54(49,50)38(6)16-17-38)42-32(45)29-20-26(52-33-28-13-10-14-30(51-7)27(28)15-18-40-33)22-44(29)34(46)31(24(2)19-23)41-36(48)53-37(3,4)5/h9-10,12-15,18,23-26,29,31H,8,11,16-17,19-22H2,1-7H3,(H,41,48)(H,42,45)(H,43,47)/b12-9-/t23-,24-,25-,26-,29+,31+,39-/m1/s1. The Morgan fingerprint density at radius 1 is 1.07 bits per heavy atom. The first-order valence-electron chi connectivity index (χ1n) is 18.8. The third kappa shape index (κ3) is 8.15. The summed E-state index contributed by atoms with van der Waals surface area (Å²) in [5.41, 5.74) is -2.35. The Labute approximate surface area is 317 Å². The van der Waals surface area contributed by atoms with Crippen molar-refractivity contribution in [2.45, 2.75) is 121 Å². The van der Waals surface area contributed by atoms with Crippen LogP contribution in [0.2, 0.25) is 0 Å². The summed E-state index contributed by atoms with van der Waals surface area (Å²) in [6, 6.07) is 5.11.